The summed E-state index contributed by atoms with van der Waals surface area (Å²) >= 11 is 0. The molecule has 1 aromatic heterocycles. The first-order valence-corrected chi connectivity index (χ1v) is 9.62. The molecule has 0 saturated heterocycles. The molecule has 0 aliphatic carbocycles. The molecule has 1 amide bonds. The van der Waals surface area contributed by atoms with E-state index in [9.17, 15) is 4.79 Å². The standard InChI is InChI=1S/C24H28N2O/c1-24(2,3)21-12-9-18(10-13-21)11-14-22(27)25-17-15-20-7-4-6-19-8-5-16-26-23(19)20/h4-10,12-13,16H,11,14-15,17H2,1-3H3,(H,25,27). The van der Waals surface area contributed by atoms with Crippen LogP contribution in [0.15, 0.2) is 60.8 Å². The van der Waals surface area contributed by atoms with Crippen molar-refractivity contribution in [1.29, 1.82) is 0 Å². The van der Waals surface area contributed by atoms with Crippen molar-refractivity contribution in [3.8, 4) is 0 Å². The first kappa shape index (κ1) is 19.1. The Hall–Kier alpha value is -2.68. The Bertz CT molecular complexity index is 902. The molecule has 0 unspecified atom stereocenters. The molecule has 3 aromatic rings. The number of pyridine rings is 1. The van der Waals surface area contributed by atoms with Gasteiger partial charge in [0.05, 0.1) is 5.52 Å². The average Bonchev–Trinajstić information content (AvgIpc) is 2.66. The van der Waals surface area contributed by atoms with Gasteiger partial charge in [-0.2, -0.15) is 0 Å². The maximum Gasteiger partial charge on any atom is 0.220 e. The van der Waals surface area contributed by atoms with Crippen LogP contribution in [0, 0.1) is 0 Å². The molecular weight excluding hydrogens is 332 g/mol. The number of hydrogen-bond donors (Lipinski definition) is 1. The van der Waals surface area contributed by atoms with Gasteiger partial charge in [0.25, 0.3) is 0 Å². The van der Waals surface area contributed by atoms with Crippen molar-refractivity contribution in [3.63, 3.8) is 0 Å². The fourth-order valence-electron chi connectivity index (χ4n) is 3.22. The number of aromatic nitrogens is 1. The summed E-state index contributed by atoms with van der Waals surface area (Å²) in [6, 6.07) is 18.8. The minimum Gasteiger partial charge on any atom is -0.356 e. The predicted molar refractivity (Wildman–Crippen MR) is 112 cm³/mol. The van der Waals surface area contributed by atoms with Gasteiger partial charge in [-0.3, -0.25) is 9.78 Å². The van der Waals surface area contributed by atoms with Crippen LogP contribution in [0.3, 0.4) is 0 Å². The zero-order valence-corrected chi connectivity index (χ0v) is 16.5. The number of nitrogens with zero attached hydrogens (tertiary/aromatic N) is 1. The van der Waals surface area contributed by atoms with Gasteiger partial charge in [-0.25, -0.2) is 0 Å². The molecule has 0 radical (unpaired) electrons. The molecule has 3 nitrogen and oxygen atoms in total. The van der Waals surface area contributed by atoms with E-state index >= 15 is 0 Å². The Labute approximate surface area is 161 Å². The second-order valence-electron chi connectivity index (χ2n) is 8.04. The largest absolute Gasteiger partial charge is 0.356 e. The van der Waals surface area contributed by atoms with Crippen molar-refractivity contribution in [2.24, 2.45) is 0 Å². The van der Waals surface area contributed by atoms with Gasteiger partial charge in [0.1, 0.15) is 0 Å². The molecule has 0 atom stereocenters. The zero-order valence-electron chi connectivity index (χ0n) is 16.5. The van der Waals surface area contributed by atoms with Crippen LogP contribution in [0.2, 0.25) is 0 Å². The van der Waals surface area contributed by atoms with E-state index in [1.165, 1.54) is 16.7 Å². The van der Waals surface area contributed by atoms with E-state index < -0.39 is 0 Å². The van der Waals surface area contributed by atoms with Gasteiger partial charge < -0.3 is 5.32 Å². The lowest BCUT2D eigenvalue weighted by Crippen LogP contribution is -2.26. The highest BCUT2D eigenvalue weighted by molar-refractivity contribution is 5.81. The van der Waals surface area contributed by atoms with Gasteiger partial charge in [-0.1, -0.05) is 69.3 Å². The molecule has 0 aliphatic rings. The molecule has 3 heteroatoms. The van der Waals surface area contributed by atoms with Gasteiger partial charge in [0.15, 0.2) is 0 Å². The Kier molecular flexibility index (Phi) is 5.90. The van der Waals surface area contributed by atoms with Crippen LogP contribution in [-0.4, -0.2) is 17.4 Å². The molecule has 140 valence electrons. The van der Waals surface area contributed by atoms with Crippen LogP contribution in [0.5, 0.6) is 0 Å². The molecule has 3 rings (SSSR count). The highest BCUT2D eigenvalue weighted by atomic mass is 16.1. The highest BCUT2D eigenvalue weighted by Gasteiger charge is 2.13. The number of carbonyl (C=O) groups excluding carboxylic acids is 1. The average molecular weight is 361 g/mol. The monoisotopic (exact) mass is 360 g/mol. The van der Waals surface area contributed by atoms with Crippen LogP contribution in [0.4, 0.5) is 0 Å². The number of hydrogen-bond acceptors (Lipinski definition) is 2. The third kappa shape index (κ3) is 5.16. The van der Waals surface area contributed by atoms with Crippen LogP contribution >= 0.6 is 0 Å². The highest BCUT2D eigenvalue weighted by Crippen LogP contribution is 2.22. The third-order valence-corrected chi connectivity index (χ3v) is 4.89. The minimum absolute atomic E-state index is 0.100. The van der Waals surface area contributed by atoms with Crippen molar-refractivity contribution < 1.29 is 4.79 Å². The number of nitrogens with one attached hydrogen (secondary N) is 1. The molecule has 0 aliphatic heterocycles. The number of fused-ring (bicyclic) bond motifs is 1. The predicted octanol–water partition coefficient (Wildman–Crippen LogP) is 4.82. The summed E-state index contributed by atoms with van der Waals surface area (Å²) in [5.41, 5.74) is 4.88. The van der Waals surface area contributed by atoms with E-state index in [0.29, 0.717) is 13.0 Å². The second kappa shape index (κ2) is 8.34. The lowest BCUT2D eigenvalue weighted by molar-refractivity contribution is -0.121. The topological polar surface area (TPSA) is 42.0 Å². The molecule has 2 aromatic carbocycles. The molecule has 27 heavy (non-hydrogen) atoms. The summed E-state index contributed by atoms with van der Waals surface area (Å²) in [5.74, 6) is 0.100. The number of aryl methyl sites for hydroxylation is 1. The summed E-state index contributed by atoms with van der Waals surface area (Å²) in [5, 5.41) is 4.17. The normalized spacial score (nSPS) is 11.5. The van der Waals surface area contributed by atoms with E-state index in [0.717, 1.165) is 23.7 Å². The summed E-state index contributed by atoms with van der Waals surface area (Å²) in [6.07, 6.45) is 3.89. The summed E-state index contributed by atoms with van der Waals surface area (Å²) in [7, 11) is 0. The first-order chi connectivity index (χ1) is 12.9. The quantitative estimate of drug-likeness (QED) is 0.684. The molecule has 1 heterocycles. The molecule has 0 bridgehead atoms. The van der Waals surface area contributed by atoms with Gasteiger partial charge in [0, 0.05) is 24.5 Å². The van der Waals surface area contributed by atoms with Crippen molar-refractivity contribution in [1.82, 2.24) is 10.3 Å². The van der Waals surface area contributed by atoms with Gasteiger partial charge in [0.2, 0.25) is 5.91 Å². The number of benzene rings is 2. The molecule has 1 N–H and O–H groups in total. The van der Waals surface area contributed by atoms with Gasteiger partial charge in [-0.15, -0.1) is 0 Å². The molecule has 0 saturated carbocycles. The van der Waals surface area contributed by atoms with Crippen molar-refractivity contribution in [2.45, 2.75) is 45.4 Å². The Morgan fingerprint density at radius 2 is 1.70 bits per heavy atom. The van der Waals surface area contributed by atoms with E-state index in [4.69, 9.17) is 0 Å². The molecular formula is C24H28N2O. The first-order valence-electron chi connectivity index (χ1n) is 9.62. The zero-order chi connectivity index (χ0) is 19.3. The van der Waals surface area contributed by atoms with Crippen LogP contribution < -0.4 is 5.32 Å². The lowest BCUT2D eigenvalue weighted by Gasteiger charge is -2.19. The van der Waals surface area contributed by atoms with E-state index in [2.05, 4.69) is 73.5 Å². The molecule has 0 fully saturated rings. The number of carbonyl (C=O) groups is 1. The third-order valence-electron chi connectivity index (χ3n) is 4.89. The number of amides is 1. The van der Waals surface area contributed by atoms with Crippen LogP contribution in [-0.2, 0) is 23.1 Å². The summed E-state index contributed by atoms with van der Waals surface area (Å²) in [6.45, 7) is 7.26. The van der Waals surface area contributed by atoms with E-state index in [-0.39, 0.29) is 11.3 Å². The maximum atomic E-state index is 12.2. The second-order valence-corrected chi connectivity index (χ2v) is 8.04. The van der Waals surface area contributed by atoms with Crippen LogP contribution in [0.25, 0.3) is 10.9 Å². The van der Waals surface area contributed by atoms with Gasteiger partial charge >= 0.3 is 0 Å². The van der Waals surface area contributed by atoms with Crippen molar-refractivity contribution >= 4 is 16.8 Å². The summed E-state index contributed by atoms with van der Waals surface area (Å²) in [4.78, 5) is 16.6. The minimum atomic E-state index is 0.100. The van der Waals surface area contributed by atoms with Crippen molar-refractivity contribution in [3.05, 3.63) is 77.5 Å². The van der Waals surface area contributed by atoms with E-state index in [1.807, 2.05) is 18.3 Å². The fourth-order valence-corrected chi connectivity index (χ4v) is 3.22. The Morgan fingerprint density at radius 1 is 0.963 bits per heavy atom. The maximum absolute atomic E-state index is 12.2. The smallest absolute Gasteiger partial charge is 0.220 e. The lowest BCUT2D eigenvalue weighted by atomic mass is 9.86. The number of para-hydroxylation sites is 1. The van der Waals surface area contributed by atoms with Crippen LogP contribution in [0.1, 0.15) is 43.9 Å². The fraction of sp³-hybridized carbons (Fsp3) is 0.333. The summed E-state index contributed by atoms with van der Waals surface area (Å²) < 4.78 is 0. The number of rotatable bonds is 6. The van der Waals surface area contributed by atoms with Gasteiger partial charge in [-0.05, 0) is 41.0 Å². The van der Waals surface area contributed by atoms with Crippen molar-refractivity contribution in [2.75, 3.05) is 6.54 Å². The SMILES string of the molecule is CC(C)(C)c1ccc(CCC(=O)NCCc2cccc3cccnc23)cc1. The molecule has 0 spiro atoms. The van der Waals surface area contributed by atoms with E-state index in [1.54, 1.807) is 0 Å². The Morgan fingerprint density at radius 3 is 2.44 bits per heavy atom. The Balaban J connectivity index is 1.47.